The van der Waals surface area contributed by atoms with Crippen LogP contribution in [0.15, 0.2) is 92.7 Å². The Labute approximate surface area is 212 Å². The molecular formula is C28H25N3O4S. The van der Waals surface area contributed by atoms with Gasteiger partial charge in [-0.1, -0.05) is 48.5 Å². The summed E-state index contributed by atoms with van der Waals surface area (Å²) in [6.45, 7) is 0.542. The molecule has 5 aromatic rings. The molecule has 0 N–H and O–H groups in total. The number of methoxy groups -OCH3 is 3. The number of thiazole rings is 1. The summed E-state index contributed by atoms with van der Waals surface area (Å²) in [7, 11) is 4.76. The summed E-state index contributed by atoms with van der Waals surface area (Å²) in [5.41, 5.74) is 3.54. The maximum Gasteiger partial charge on any atom is 0.206 e. The van der Waals surface area contributed by atoms with Gasteiger partial charge in [-0.2, -0.15) is 5.10 Å². The van der Waals surface area contributed by atoms with Crippen LogP contribution in [0.1, 0.15) is 11.1 Å². The Hall–Kier alpha value is -4.30. The molecule has 0 radical (unpaired) electrons. The fourth-order valence-electron chi connectivity index (χ4n) is 3.84. The van der Waals surface area contributed by atoms with E-state index in [4.69, 9.17) is 28.7 Å². The quantitative estimate of drug-likeness (QED) is 0.247. The van der Waals surface area contributed by atoms with E-state index in [-0.39, 0.29) is 0 Å². The van der Waals surface area contributed by atoms with Crippen molar-refractivity contribution in [2.45, 2.75) is 6.54 Å². The Morgan fingerprint density at radius 2 is 1.61 bits per heavy atom. The lowest BCUT2D eigenvalue weighted by molar-refractivity contribution is 0.324. The van der Waals surface area contributed by atoms with Gasteiger partial charge in [0.25, 0.3) is 0 Å². The first-order chi connectivity index (χ1) is 17.7. The van der Waals surface area contributed by atoms with Gasteiger partial charge in [0.05, 0.1) is 34.1 Å². The smallest absolute Gasteiger partial charge is 0.206 e. The molecule has 36 heavy (non-hydrogen) atoms. The number of rotatable bonds is 8. The molecule has 0 aliphatic heterocycles. The van der Waals surface area contributed by atoms with Crippen LogP contribution >= 0.6 is 11.3 Å². The Balaban J connectivity index is 1.60. The average Bonchev–Trinajstić information content (AvgIpc) is 3.54. The van der Waals surface area contributed by atoms with E-state index < -0.39 is 0 Å². The standard InChI is InChI=1S/C28H25N3O4S/c1-32-25-13-20(14-26(33-2)27(25)34-3)17-30-31-22(24-15-21-11-7-8-12-23(21)35-24)18-36-28(31)29-16-19-9-5-4-6-10-19/h4-15,17-18H,16H2,1-3H3. The van der Waals surface area contributed by atoms with Crippen LogP contribution in [0.2, 0.25) is 0 Å². The van der Waals surface area contributed by atoms with Crippen molar-refractivity contribution in [2.24, 2.45) is 10.1 Å². The van der Waals surface area contributed by atoms with Crippen molar-refractivity contribution in [3.63, 3.8) is 0 Å². The van der Waals surface area contributed by atoms with E-state index in [0.717, 1.165) is 38.4 Å². The number of fused-ring (bicyclic) bond motifs is 1. The molecule has 0 spiro atoms. The van der Waals surface area contributed by atoms with Crippen molar-refractivity contribution in [3.05, 3.63) is 94.1 Å². The summed E-state index contributed by atoms with van der Waals surface area (Å²) >= 11 is 1.51. The van der Waals surface area contributed by atoms with Crippen LogP contribution in [-0.4, -0.2) is 32.2 Å². The molecule has 0 aliphatic rings. The van der Waals surface area contributed by atoms with Gasteiger partial charge < -0.3 is 18.6 Å². The third-order valence-corrected chi connectivity index (χ3v) is 6.47. The van der Waals surface area contributed by atoms with Gasteiger partial charge in [-0.15, -0.1) is 11.3 Å². The molecule has 0 saturated carbocycles. The summed E-state index contributed by atoms with van der Waals surface area (Å²) in [4.78, 5) is 5.59. The summed E-state index contributed by atoms with van der Waals surface area (Å²) in [6.07, 6.45) is 1.74. The van der Waals surface area contributed by atoms with Gasteiger partial charge in [-0.05, 0) is 29.8 Å². The van der Waals surface area contributed by atoms with Crippen LogP contribution in [0.25, 0.3) is 22.4 Å². The van der Waals surface area contributed by atoms with E-state index in [1.165, 1.54) is 11.3 Å². The number of aromatic nitrogens is 1. The summed E-state index contributed by atoms with van der Waals surface area (Å²) in [5.74, 6) is 2.36. The molecule has 7 nitrogen and oxygen atoms in total. The van der Waals surface area contributed by atoms with Crippen LogP contribution in [0.4, 0.5) is 0 Å². The number of benzene rings is 3. The minimum Gasteiger partial charge on any atom is -0.493 e. The normalized spacial score (nSPS) is 11.9. The van der Waals surface area contributed by atoms with Gasteiger partial charge in [-0.3, -0.25) is 4.99 Å². The van der Waals surface area contributed by atoms with Gasteiger partial charge in [-0.25, -0.2) is 4.68 Å². The Bertz CT molecular complexity index is 1520. The molecule has 0 amide bonds. The summed E-state index contributed by atoms with van der Waals surface area (Å²) in [5, 5.41) is 7.84. The largest absolute Gasteiger partial charge is 0.493 e. The lowest BCUT2D eigenvalue weighted by Crippen LogP contribution is -2.12. The van der Waals surface area contributed by atoms with Gasteiger partial charge in [0.2, 0.25) is 10.6 Å². The molecule has 0 bridgehead atoms. The zero-order valence-corrected chi connectivity index (χ0v) is 21.0. The van der Waals surface area contributed by atoms with Gasteiger partial charge >= 0.3 is 0 Å². The highest BCUT2D eigenvalue weighted by Gasteiger charge is 2.15. The third-order valence-electron chi connectivity index (χ3n) is 5.61. The predicted molar refractivity (Wildman–Crippen MR) is 142 cm³/mol. The van der Waals surface area contributed by atoms with Gasteiger partial charge in [0.15, 0.2) is 17.3 Å². The van der Waals surface area contributed by atoms with Gasteiger partial charge in [0.1, 0.15) is 11.3 Å². The number of hydrogen-bond acceptors (Lipinski definition) is 7. The van der Waals surface area contributed by atoms with Crippen LogP contribution in [0, 0.1) is 0 Å². The van der Waals surface area contributed by atoms with E-state index in [1.807, 2.05) is 66.0 Å². The molecule has 3 aromatic carbocycles. The topological polar surface area (TPSA) is 70.5 Å². The van der Waals surface area contributed by atoms with Crippen LogP contribution in [-0.2, 0) is 6.54 Å². The van der Waals surface area contributed by atoms with Crippen molar-refractivity contribution in [3.8, 4) is 28.7 Å². The van der Waals surface area contributed by atoms with Crippen molar-refractivity contribution < 1.29 is 18.6 Å². The fraction of sp³-hybridized carbons (Fsp3) is 0.143. The van der Waals surface area contributed by atoms with Crippen LogP contribution in [0.3, 0.4) is 0 Å². The molecule has 182 valence electrons. The molecular weight excluding hydrogens is 474 g/mol. The Morgan fingerprint density at radius 1 is 0.889 bits per heavy atom. The molecule has 0 saturated heterocycles. The van der Waals surface area contributed by atoms with Crippen molar-refractivity contribution >= 4 is 28.5 Å². The highest BCUT2D eigenvalue weighted by molar-refractivity contribution is 7.07. The first-order valence-electron chi connectivity index (χ1n) is 11.3. The van der Waals surface area contributed by atoms with E-state index in [0.29, 0.717) is 23.8 Å². The van der Waals surface area contributed by atoms with Crippen molar-refractivity contribution in [2.75, 3.05) is 21.3 Å². The van der Waals surface area contributed by atoms with E-state index in [9.17, 15) is 0 Å². The van der Waals surface area contributed by atoms with E-state index in [1.54, 1.807) is 32.2 Å². The molecule has 0 unspecified atom stereocenters. The van der Waals surface area contributed by atoms with Crippen LogP contribution in [0.5, 0.6) is 17.2 Å². The lowest BCUT2D eigenvalue weighted by Gasteiger charge is -2.12. The SMILES string of the molecule is COc1cc(C=Nn2c(-c3cc4ccccc4o3)csc2=NCc2ccccc2)cc(OC)c1OC. The third kappa shape index (κ3) is 4.76. The average molecular weight is 500 g/mol. The zero-order valence-electron chi connectivity index (χ0n) is 20.2. The first kappa shape index (κ1) is 23.4. The maximum atomic E-state index is 6.14. The fourth-order valence-corrected chi connectivity index (χ4v) is 4.66. The summed E-state index contributed by atoms with van der Waals surface area (Å²) in [6, 6.07) is 23.8. The monoisotopic (exact) mass is 499 g/mol. The number of nitrogens with zero attached hydrogens (tertiary/aromatic N) is 3. The highest BCUT2D eigenvalue weighted by atomic mass is 32.1. The predicted octanol–water partition coefficient (Wildman–Crippen LogP) is 5.97. The Kier molecular flexibility index (Phi) is 6.86. The van der Waals surface area contributed by atoms with E-state index >= 15 is 0 Å². The second kappa shape index (κ2) is 10.5. The first-order valence-corrected chi connectivity index (χ1v) is 12.2. The second-order valence-corrected chi connectivity index (χ2v) is 8.71. The molecule has 0 fully saturated rings. The molecule has 2 heterocycles. The maximum absolute atomic E-state index is 6.14. The second-order valence-electron chi connectivity index (χ2n) is 7.87. The Morgan fingerprint density at radius 3 is 2.31 bits per heavy atom. The molecule has 5 rings (SSSR count). The minimum absolute atomic E-state index is 0.529. The number of hydrogen-bond donors (Lipinski definition) is 0. The van der Waals surface area contributed by atoms with Crippen molar-refractivity contribution in [1.82, 2.24) is 4.68 Å². The minimum atomic E-state index is 0.529. The summed E-state index contributed by atoms with van der Waals surface area (Å²) < 4.78 is 24.4. The van der Waals surface area contributed by atoms with Crippen molar-refractivity contribution in [1.29, 1.82) is 0 Å². The van der Waals surface area contributed by atoms with Gasteiger partial charge in [0, 0.05) is 16.3 Å². The molecule has 0 atom stereocenters. The molecule has 0 aliphatic carbocycles. The lowest BCUT2D eigenvalue weighted by atomic mass is 10.2. The number of furan rings is 1. The van der Waals surface area contributed by atoms with E-state index in [2.05, 4.69) is 12.1 Å². The van der Waals surface area contributed by atoms with Crippen LogP contribution < -0.4 is 19.0 Å². The number of ether oxygens (including phenoxy) is 3. The highest BCUT2D eigenvalue weighted by Crippen LogP contribution is 2.37. The molecule has 2 aromatic heterocycles. The molecule has 8 heteroatoms. The number of para-hydroxylation sites is 1. The zero-order chi connectivity index (χ0) is 24.9.